The van der Waals surface area contributed by atoms with Gasteiger partial charge in [-0.25, -0.2) is 9.37 Å². The molecule has 1 N–H and O–H groups in total. The van der Waals surface area contributed by atoms with Crippen molar-refractivity contribution in [1.29, 1.82) is 0 Å². The summed E-state index contributed by atoms with van der Waals surface area (Å²) in [6.07, 6.45) is 1.45. The smallest absolute Gasteiger partial charge is 0.253 e. The van der Waals surface area contributed by atoms with Gasteiger partial charge in [0, 0.05) is 29.9 Å². The molecule has 0 radical (unpaired) electrons. The van der Waals surface area contributed by atoms with E-state index in [4.69, 9.17) is 4.42 Å². The van der Waals surface area contributed by atoms with E-state index in [0.717, 1.165) is 23.1 Å². The maximum absolute atomic E-state index is 13.2. The number of para-hydroxylation sites is 2. The van der Waals surface area contributed by atoms with Crippen molar-refractivity contribution in [1.82, 2.24) is 9.88 Å². The van der Waals surface area contributed by atoms with E-state index < -0.39 is 0 Å². The molecule has 0 aliphatic carbocycles. The van der Waals surface area contributed by atoms with E-state index >= 15 is 0 Å². The maximum atomic E-state index is 13.2. The number of aromatic nitrogens is 1. The first kappa shape index (κ1) is 20.9. The number of carbonyl (C=O) groups excluding carboxylic acids is 2. The van der Waals surface area contributed by atoms with Crippen LogP contribution in [0, 0.1) is 11.7 Å². The Morgan fingerprint density at radius 1 is 1.00 bits per heavy atom. The number of hydrogen-bond donors (Lipinski definition) is 1. The van der Waals surface area contributed by atoms with Gasteiger partial charge in [0.15, 0.2) is 5.58 Å². The SMILES string of the molecule is O=C(Nc1ccc(-c2nc3ccccc3o2)cc1)C1CCCN(C(=O)c2ccc(F)cc2)C1. The van der Waals surface area contributed by atoms with Crippen LogP contribution in [0.5, 0.6) is 0 Å². The number of anilines is 1. The number of hydrogen-bond acceptors (Lipinski definition) is 4. The highest BCUT2D eigenvalue weighted by Gasteiger charge is 2.29. The number of fused-ring (bicyclic) bond motifs is 1. The Hall–Kier alpha value is -4.00. The van der Waals surface area contributed by atoms with Crippen molar-refractivity contribution in [2.75, 3.05) is 18.4 Å². The molecule has 1 aromatic heterocycles. The molecule has 5 rings (SSSR count). The molecule has 3 aromatic carbocycles. The molecule has 2 amide bonds. The summed E-state index contributed by atoms with van der Waals surface area (Å²) in [4.78, 5) is 31.7. The largest absolute Gasteiger partial charge is 0.436 e. The highest BCUT2D eigenvalue weighted by molar-refractivity contribution is 5.96. The Bertz CT molecular complexity index is 1270. The number of benzene rings is 3. The Labute approximate surface area is 190 Å². The molecule has 1 aliphatic heterocycles. The van der Waals surface area contributed by atoms with Gasteiger partial charge in [0.2, 0.25) is 11.8 Å². The van der Waals surface area contributed by atoms with E-state index in [9.17, 15) is 14.0 Å². The van der Waals surface area contributed by atoms with Crippen LogP contribution in [-0.2, 0) is 4.79 Å². The second kappa shape index (κ2) is 8.86. The van der Waals surface area contributed by atoms with Crippen molar-refractivity contribution in [3.05, 3.63) is 84.2 Å². The number of halogens is 1. The number of carbonyl (C=O) groups is 2. The lowest BCUT2D eigenvalue weighted by Crippen LogP contribution is -2.43. The molecule has 7 heteroatoms. The van der Waals surface area contributed by atoms with E-state index in [0.29, 0.717) is 36.7 Å². The summed E-state index contributed by atoms with van der Waals surface area (Å²) in [5.41, 5.74) is 3.43. The lowest BCUT2D eigenvalue weighted by atomic mass is 9.96. The number of nitrogens with one attached hydrogen (secondary N) is 1. The molecule has 4 aromatic rings. The Kier molecular flexibility index (Phi) is 5.60. The zero-order valence-corrected chi connectivity index (χ0v) is 17.8. The van der Waals surface area contributed by atoms with Crippen molar-refractivity contribution in [2.45, 2.75) is 12.8 Å². The average molecular weight is 443 g/mol. The van der Waals surface area contributed by atoms with Crippen LogP contribution < -0.4 is 5.32 Å². The lowest BCUT2D eigenvalue weighted by molar-refractivity contribution is -0.121. The molecule has 1 saturated heterocycles. The summed E-state index contributed by atoms with van der Waals surface area (Å²) >= 11 is 0. The normalized spacial score (nSPS) is 16.0. The van der Waals surface area contributed by atoms with Crippen LogP contribution in [0.2, 0.25) is 0 Å². The van der Waals surface area contributed by atoms with Gasteiger partial charge in [0.05, 0.1) is 5.92 Å². The van der Waals surface area contributed by atoms with Gasteiger partial charge >= 0.3 is 0 Å². The third-order valence-corrected chi connectivity index (χ3v) is 5.86. The highest BCUT2D eigenvalue weighted by atomic mass is 19.1. The van der Waals surface area contributed by atoms with E-state index in [1.807, 2.05) is 48.5 Å². The summed E-state index contributed by atoms with van der Waals surface area (Å²) in [5, 5.41) is 2.95. The van der Waals surface area contributed by atoms with Crippen LogP contribution in [0.1, 0.15) is 23.2 Å². The predicted molar refractivity (Wildman–Crippen MR) is 123 cm³/mol. The molecule has 1 fully saturated rings. The standard InChI is InChI=1S/C26H22FN3O3/c27-20-11-7-18(8-12-20)26(32)30-15-3-4-19(16-30)24(31)28-21-13-9-17(10-14-21)25-29-22-5-1-2-6-23(22)33-25/h1-2,5-14,19H,3-4,15-16H2,(H,28,31). The Morgan fingerprint density at radius 3 is 2.52 bits per heavy atom. The summed E-state index contributed by atoms with van der Waals surface area (Å²) < 4.78 is 18.9. The van der Waals surface area contributed by atoms with E-state index in [-0.39, 0.29) is 23.5 Å². The minimum absolute atomic E-state index is 0.124. The molecule has 166 valence electrons. The lowest BCUT2D eigenvalue weighted by Gasteiger charge is -2.32. The summed E-state index contributed by atoms with van der Waals surface area (Å²) in [6.45, 7) is 0.919. The monoisotopic (exact) mass is 443 g/mol. The van der Waals surface area contributed by atoms with Crippen LogP contribution in [0.15, 0.2) is 77.2 Å². The molecule has 1 aliphatic rings. The van der Waals surface area contributed by atoms with Gasteiger partial charge in [-0.1, -0.05) is 12.1 Å². The van der Waals surface area contributed by atoms with Crippen LogP contribution in [0.4, 0.5) is 10.1 Å². The second-order valence-corrected chi connectivity index (χ2v) is 8.15. The van der Waals surface area contributed by atoms with Gasteiger partial charge in [0.25, 0.3) is 5.91 Å². The van der Waals surface area contributed by atoms with Gasteiger partial charge in [0.1, 0.15) is 11.3 Å². The molecule has 0 bridgehead atoms. The molecular weight excluding hydrogens is 421 g/mol. The fourth-order valence-electron chi connectivity index (χ4n) is 4.09. The predicted octanol–water partition coefficient (Wildman–Crippen LogP) is 5.12. The van der Waals surface area contributed by atoms with Crippen LogP contribution in [0.25, 0.3) is 22.6 Å². The van der Waals surface area contributed by atoms with E-state index in [1.165, 1.54) is 24.3 Å². The number of amides is 2. The number of rotatable bonds is 4. The third kappa shape index (κ3) is 4.48. The van der Waals surface area contributed by atoms with Crippen molar-refractivity contribution >= 4 is 28.6 Å². The first-order chi connectivity index (χ1) is 16.1. The minimum atomic E-state index is -0.385. The molecule has 6 nitrogen and oxygen atoms in total. The highest BCUT2D eigenvalue weighted by Crippen LogP contribution is 2.26. The third-order valence-electron chi connectivity index (χ3n) is 5.86. The van der Waals surface area contributed by atoms with E-state index in [1.54, 1.807) is 4.90 Å². The summed E-state index contributed by atoms with van der Waals surface area (Å²) in [5.74, 6) is -0.475. The zero-order chi connectivity index (χ0) is 22.8. The topological polar surface area (TPSA) is 75.4 Å². The van der Waals surface area contributed by atoms with Gasteiger partial charge in [-0.15, -0.1) is 0 Å². The van der Waals surface area contributed by atoms with E-state index in [2.05, 4.69) is 10.3 Å². The van der Waals surface area contributed by atoms with Crippen LogP contribution in [-0.4, -0.2) is 34.8 Å². The Morgan fingerprint density at radius 2 is 1.76 bits per heavy atom. The van der Waals surface area contributed by atoms with Crippen molar-refractivity contribution < 1.29 is 18.4 Å². The molecule has 1 unspecified atom stereocenters. The summed E-state index contributed by atoms with van der Waals surface area (Å²) in [7, 11) is 0. The van der Waals surface area contributed by atoms with Crippen LogP contribution >= 0.6 is 0 Å². The first-order valence-electron chi connectivity index (χ1n) is 10.9. The molecule has 0 spiro atoms. The molecule has 0 saturated carbocycles. The molecule has 33 heavy (non-hydrogen) atoms. The average Bonchev–Trinajstić information content (AvgIpc) is 3.29. The van der Waals surface area contributed by atoms with Gasteiger partial charge in [-0.2, -0.15) is 0 Å². The second-order valence-electron chi connectivity index (χ2n) is 8.15. The Balaban J connectivity index is 1.23. The van der Waals surface area contributed by atoms with Gasteiger partial charge in [-0.3, -0.25) is 9.59 Å². The molecule has 2 heterocycles. The minimum Gasteiger partial charge on any atom is -0.436 e. The number of piperidine rings is 1. The first-order valence-corrected chi connectivity index (χ1v) is 10.9. The van der Waals surface area contributed by atoms with Crippen molar-refractivity contribution in [3.63, 3.8) is 0 Å². The molecule has 1 atom stereocenters. The zero-order valence-electron chi connectivity index (χ0n) is 17.8. The number of likely N-dealkylation sites (tertiary alicyclic amines) is 1. The summed E-state index contributed by atoms with van der Waals surface area (Å²) in [6, 6.07) is 20.4. The van der Waals surface area contributed by atoms with Crippen molar-refractivity contribution in [3.8, 4) is 11.5 Å². The fourth-order valence-corrected chi connectivity index (χ4v) is 4.09. The van der Waals surface area contributed by atoms with Crippen molar-refractivity contribution in [2.24, 2.45) is 5.92 Å². The fraction of sp³-hybridized carbons (Fsp3) is 0.192. The molecular formula is C26H22FN3O3. The quantitative estimate of drug-likeness (QED) is 0.475. The van der Waals surface area contributed by atoms with Gasteiger partial charge < -0.3 is 14.6 Å². The number of oxazole rings is 1. The van der Waals surface area contributed by atoms with Crippen LogP contribution in [0.3, 0.4) is 0 Å². The van der Waals surface area contributed by atoms with Gasteiger partial charge in [-0.05, 0) is 73.5 Å². The maximum Gasteiger partial charge on any atom is 0.253 e. The number of nitrogens with zero attached hydrogens (tertiary/aromatic N) is 2.